The zero-order valence-electron chi connectivity index (χ0n) is 21.2. The second kappa shape index (κ2) is 12.0. The fourth-order valence-electron chi connectivity index (χ4n) is 4.35. The minimum Gasteiger partial charge on any atom is -0.481 e. The van der Waals surface area contributed by atoms with Crippen LogP contribution in [-0.2, 0) is 4.79 Å². The van der Waals surface area contributed by atoms with Gasteiger partial charge in [-0.05, 0) is 61.7 Å². The largest absolute Gasteiger partial charge is 0.481 e. The lowest BCUT2D eigenvalue weighted by Crippen LogP contribution is -2.49. The third kappa shape index (κ3) is 5.99. The van der Waals surface area contributed by atoms with E-state index in [0.29, 0.717) is 53.0 Å². The highest BCUT2D eigenvalue weighted by atomic mass is 35.5. The van der Waals surface area contributed by atoms with E-state index in [1.807, 2.05) is 42.2 Å². The fourth-order valence-corrected chi connectivity index (χ4v) is 5.47. The topological polar surface area (TPSA) is 61.9 Å². The molecule has 6 nitrogen and oxygen atoms in total. The Morgan fingerprint density at radius 3 is 2.11 bits per heavy atom. The third-order valence-corrected chi connectivity index (χ3v) is 8.36. The Morgan fingerprint density at radius 1 is 0.868 bits per heavy atom. The monoisotopic (exact) mass is 593 g/mol. The maximum atomic E-state index is 12.9. The summed E-state index contributed by atoms with van der Waals surface area (Å²) in [5.41, 5.74) is 4.34. The first-order chi connectivity index (χ1) is 18.1. The van der Waals surface area contributed by atoms with E-state index >= 15 is 0 Å². The van der Waals surface area contributed by atoms with E-state index in [4.69, 9.17) is 51.1 Å². The summed E-state index contributed by atoms with van der Waals surface area (Å²) >= 11 is 25.5. The smallest absolute Gasteiger partial charge is 0.262 e. The van der Waals surface area contributed by atoms with Crippen molar-refractivity contribution in [2.24, 2.45) is 0 Å². The van der Waals surface area contributed by atoms with E-state index < -0.39 is 5.91 Å². The number of ether oxygens (including phenoxy) is 1. The Bertz CT molecular complexity index is 1360. The zero-order valence-corrected chi connectivity index (χ0v) is 24.2. The van der Waals surface area contributed by atoms with Crippen molar-refractivity contribution >= 4 is 69.6 Å². The minimum atomic E-state index is -0.394. The van der Waals surface area contributed by atoms with Crippen LogP contribution >= 0.6 is 46.4 Å². The summed E-state index contributed by atoms with van der Waals surface area (Å²) in [5, 5.41) is 4.28. The molecule has 0 unspecified atom stereocenters. The van der Waals surface area contributed by atoms with Gasteiger partial charge in [-0.25, -0.2) is 0 Å². The van der Waals surface area contributed by atoms with E-state index in [1.165, 1.54) is 0 Å². The highest BCUT2D eigenvalue weighted by Gasteiger charge is 2.24. The van der Waals surface area contributed by atoms with Crippen molar-refractivity contribution in [3.05, 3.63) is 84.8 Å². The SMILES string of the molecule is Cc1ccccc1C(=O)N1CCN(c2ccc(NC(=O)COc3c(Cl)c(C)c(Cl)c(C)c3Cl)cc2Cl)CC1. The molecule has 1 heterocycles. The molecule has 0 atom stereocenters. The molecule has 1 saturated heterocycles. The average molecular weight is 595 g/mol. The molecule has 38 heavy (non-hydrogen) atoms. The van der Waals surface area contributed by atoms with Crippen LogP contribution in [0.3, 0.4) is 0 Å². The minimum absolute atomic E-state index is 0.0422. The number of halogens is 4. The number of anilines is 2. The summed E-state index contributed by atoms with van der Waals surface area (Å²) in [7, 11) is 0. The first kappa shape index (κ1) is 28.4. The van der Waals surface area contributed by atoms with Crippen molar-refractivity contribution in [3.63, 3.8) is 0 Å². The molecule has 0 radical (unpaired) electrons. The molecule has 1 N–H and O–H groups in total. The van der Waals surface area contributed by atoms with Crippen LogP contribution in [0.1, 0.15) is 27.0 Å². The van der Waals surface area contributed by atoms with Crippen LogP contribution in [0.25, 0.3) is 0 Å². The van der Waals surface area contributed by atoms with Gasteiger partial charge in [-0.15, -0.1) is 0 Å². The number of piperazine rings is 1. The Kier molecular flexibility index (Phi) is 8.99. The van der Waals surface area contributed by atoms with Gasteiger partial charge in [0.1, 0.15) is 0 Å². The van der Waals surface area contributed by atoms with Crippen molar-refractivity contribution in [3.8, 4) is 5.75 Å². The molecule has 1 aliphatic rings. The molecule has 3 aromatic carbocycles. The van der Waals surface area contributed by atoms with E-state index in [2.05, 4.69) is 10.2 Å². The van der Waals surface area contributed by atoms with Crippen LogP contribution in [0.2, 0.25) is 20.1 Å². The lowest BCUT2D eigenvalue weighted by atomic mass is 10.1. The van der Waals surface area contributed by atoms with Gasteiger partial charge < -0.3 is 19.9 Å². The summed E-state index contributed by atoms with van der Waals surface area (Å²) in [6.07, 6.45) is 0. The second-order valence-corrected chi connectivity index (χ2v) is 10.7. The average Bonchev–Trinajstić information content (AvgIpc) is 2.91. The molecule has 4 rings (SSSR count). The maximum Gasteiger partial charge on any atom is 0.262 e. The highest BCUT2D eigenvalue weighted by molar-refractivity contribution is 6.42. The van der Waals surface area contributed by atoms with Gasteiger partial charge in [-0.2, -0.15) is 0 Å². The molecule has 3 aromatic rings. The van der Waals surface area contributed by atoms with Crippen LogP contribution in [-0.4, -0.2) is 49.5 Å². The number of nitrogens with one attached hydrogen (secondary N) is 1. The third-order valence-electron chi connectivity index (χ3n) is 6.58. The van der Waals surface area contributed by atoms with E-state index in [-0.39, 0.29) is 28.3 Å². The molecule has 0 spiro atoms. The van der Waals surface area contributed by atoms with Crippen LogP contribution in [0.15, 0.2) is 42.5 Å². The number of carbonyl (C=O) groups is 2. The summed E-state index contributed by atoms with van der Waals surface area (Å²) < 4.78 is 5.63. The molecule has 1 fully saturated rings. The number of amides is 2. The number of aryl methyl sites for hydroxylation is 1. The molecule has 0 aliphatic carbocycles. The first-order valence-corrected chi connectivity index (χ1v) is 13.5. The number of hydrogen-bond acceptors (Lipinski definition) is 4. The number of carbonyl (C=O) groups excluding carboxylic acids is 2. The quantitative estimate of drug-likeness (QED) is 0.328. The summed E-state index contributed by atoms with van der Waals surface area (Å²) in [5.74, 6) is -0.133. The normalized spacial score (nSPS) is 13.4. The number of benzene rings is 3. The number of hydrogen-bond donors (Lipinski definition) is 1. The molecule has 10 heteroatoms. The summed E-state index contributed by atoms with van der Waals surface area (Å²) in [4.78, 5) is 29.5. The van der Waals surface area contributed by atoms with Crippen molar-refractivity contribution in [2.45, 2.75) is 20.8 Å². The van der Waals surface area contributed by atoms with Crippen LogP contribution < -0.4 is 15.0 Å². The van der Waals surface area contributed by atoms with Crippen molar-refractivity contribution in [1.29, 1.82) is 0 Å². The van der Waals surface area contributed by atoms with Gasteiger partial charge in [0.2, 0.25) is 0 Å². The lowest BCUT2D eigenvalue weighted by molar-refractivity contribution is -0.118. The molecule has 200 valence electrons. The van der Waals surface area contributed by atoms with E-state index in [1.54, 1.807) is 26.0 Å². The van der Waals surface area contributed by atoms with Crippen LogP contribution in [0, 0.1) is 20.8 Å². The van der Waals surface area contributed by atoms with Gasteiger partial charge in [0, 0.05) is 42.5 Å². The van der Waals surface area contributed by atoms with E-state index in [9.17, 15) is 9.59 Å². The standard InChI is InChI=1S/C28H27Cl4N3O3/c1-16-6-4-5-7-20(16)28(37)35-12-10-34(11-13-35)22-9-8-19(14-21(22)29)33-23(36)15-38-27-25(31)17(2)24(30)18(3)26(27)32/h4-9,14H,10-13,15H2,1-3H3,(H,33,36). The molecule has 2 amide bonds. The molecule has 0 bridgehead atoms. The summed E-state index contributed by atoms with van der Waals surface area (Å²) in [6.45, 7) is 7.65. The molecule has 1 aliphatic heterocycles. The van der Waals surface area contributed by atoms with Gasteiger partial charge in [0.15, 0.2) is 12.4 Å². The predicted octanol–water partition coefficient (Wildman–Crippen LogP) is 7.21. The van der Waals surface area contributed by atoms with Gasteiger partial charge in [0.05, 0.1) is 20.8 Å². The van der Waals surface area contributed by atoms with Crippen LogP contribution in [0.5, 0.6) is 5.75 Å². The van der Waals surface area contributed by atoms with Crippen molar-refractivity contribution < 1.29 is 14.3 Å². The zero-order chi connectivity index (χ0) is 27.6. The number of rotatable bonds is 6. The van der Waals surface area contributed by atoms with Crippen molar-refractivity contribution in [2.75, 3.05) is 43.0 Å². The molecular weight excluding hydrogens is 568 g/mol. The maximum absolute atomic E-state index is 12.9. The lowest BCUT2D eigenvalue weighted by Gasteiger charge is -2.36. The van der Waals surface area contributed by atoms with E-state index in [0.717, 1.165) is 16.8 Å². The summed E-state index contributed by atoms with van der Waals surface area (Å²) in [6, 6.07) is 12.9. The van der Waals surface area contributed by atoms with Gasteiger partial charge in [-0.3, -0.25) is 9.59 Å². The first-order valence-electron chi connectivity index (χ1n) is 12.0. The molecular formula is C28H27Cl4N3O3. The Balaban J connectivity index is 1.35. The van der Waals surface area contributed by atoms with Gasteiger partial charge in [0.25, 0.3) is 11.8 Å². The molecule has 0 aromatic heterocycles. The highest BCUT2D eigenvalue weighted by Crippen LogP contribution is 2.42. The van der Waals surface area contributed by atoms with Gasteiger partial charge in [-0.1, -0.05) is 64.6 Å². The predicted molar refractivity (Wildman–Crippen MR) is 156 cm³/mol. The second-order valence-electron chi connectivity index (χ2n) is 9.12. The van der Waals surface area contributed by atoms with Gasteiger partial charge >= 0.3 is 0 Å². The van der Waals surface area contributed by atoms with Crippen LogP contribution in [0.4, 0.5) is 11.4 Å². The Hall–Kier alpha value is -2.64. The Morgan fingerprint density at radius 2 is 1.50 bits per heavy atom. The van der Waals surface area contributed by atoms with Crippen molar-refractivity contribution in [1.82, 2.24) is 4.90 Å². The number of nitrogens with zero attached hydrogens (tertiary/aromatic N) is 2. The molecule has 0 saturated carbocycles. The fraction of sp³-hybridized carbons (Fsp3) is 0.286. The Labute approximate surface area is 242 Å².